The maximum absolute atomic E-state index is 10.9. The minimum Gasteiger partial charge on any atom is -0.378 e. The molecular weight excluding hydrogens is 294 g/mol. The number of nitro groups is 2. The van der Waals surface area contributed by atoms with Gasteiger partial charge in [0.15, 0.2) is 0 Å². The van der Waals surface area contributed by atoms with Gasteiger partial charge in [0.1, 0.15) is 6.33 Å². The molecule has 0 atom stereocenters. The van der Waals surface area contributed by atoms with Crippen molar-refractivity contribution in [2.45, 2.75) is 0 Å². The summed E-state index contributed by atoms with van der Waals surface area (Å²) in [5.74, 6) is -0.479. The molecule has 0 radical (unpaired) electrons. The molecule has 1 heterocycles. The van der Waals surface area contributed by atoms with E-state index in [-0.39, 0.29) is 17.3 Å². The summed E-state index contributed by atoms with van der Waals surface area (Å²) in [6, 6.07) is 5.71. The highest BCUT2D eigenvalue weighted by atomic mass is 16.6. The van der Waals surface area contributed by atoms with Crippen molar-refractivity contribution in [3.63, 3.8) is 0 Å². The number of nitrogens with zero attached hydrogens (tertiary/aromatic N) is 5. The van der Waals surface area contributed by atoms with E-state index in [0.29, 0.717) is 5.56 Å². The fourth-order valence-electron chi connectivity index (χ4n) is 1.54. The first-order chi connectivity index (χ1) is 10.5. The highest BCUT2D eigenvalue weighted by Crippen LogP contribution is 2.26. The molecule has 1 aromatic carbocycles. The zero-order chi connectivity index (χ0) is 16.1. The lowest BCUT2D eigenvalue weighted by molar-refractivity contribution is -0.384. The molecule has 11 heteroatoms. The number of non-ortho nitro benzene ring substituents is 1. The van der Waals surface area contributed by atoms with Crippen molar-refractivity contribution in [2.24, 2.45) is 5.10 Å². The van der Waals surface area contributed by atoms with Gasteiger partial charge in [0.05, 0.1) is 16.1 Å². The Morgan fingerprint density at radius 1 is 1.23 bits per heavy atom. The molecule has 0 aliphatic heterocycles. The van der Waals surface area contributed by atoms with Crippen molar-refractivity contribution >= 4 is 29.2 Å². The lowest BCUT2D eigenvalue weighted by atomic mass is 10.2. The third kappa shape index (κ3) is 3.27. The summed E-state index contributed by atoms with van der Waals surface area (Å²) < 4.78 is 0. The summed E-state index contributed by atoms with van der Waals surface area (Å²) in [5, 5.41) is 25.3. The highest BCUT2D eigenvalue weighted by Gasteiger charge is 2.20. The summed E-state index contributed by atoms with van der Waals surface area (Å²) >= 11 is 0. The van der Waals surface area contributed by atoms with Crippen LogP contribution in [0.2, 0.25) is 0 Å². The molecule has 1 aromatic heterocycles. The highest BCUT2D eigenvalue weighted by molar-refractivity contribution is 5.81. The Kier molecular flexibility index (Phi) is 4.17. The fourth-order valence-corrected chi connectivity index (χ4v) is 1.54. The number of nitrogens with one attached hydrogen (secondary N) is 1. The minimum atomic E-state index is -0.736. The Morgan fingerprint density at radius 2 is 2.00 bits per heavy atom. The van der Waals surface area contributed by atoms with Crippen molar-refractivity contribution in [1.29, 1.82) is 0 Å². The van der Waals surface area contributed by atoms with Crippen LogP contribution < -0.4 is 11.2 Å². The van der Waals surface area contributed by atoms with Gasteiger partial charge in [-0.2, -0.15) is 5.10 Å². The van der Waals surface area contributed by atoms with E-state index in [1.54, 1.807) is 6.07 Å². The van der Waals surface area contributed by atoms with Gasteiger partial charge in [0.25, 0.3) is 5.69 Å². The number of anilines is 2. The largest absolute Gasteiger partial charge is 0.378 e. The summed E-state index contributed by atoms with van der Waals surface area (Å²) in [5.41, 5.74) is 7.60. The van der Waals surface area contributed by atoms with Crippen LogP contribution in [0.5, 0.6) is 0 Å². The fraction of sp³-hybridized carbons (Fsp3) is 0. The van der Waals surface area contributed by atoms with Crippen molar-refractivity contribution in [3.8, 4) is 0 Å². The topological polar surface area (TPSA) is 162 Å². The third-order valence-corrected chi connectivity index (χ3v) is 2.50. The first-order valence-electron chi connectivity index (χ1n) is 5.77. The molecular formula is C11H9N7O4. The van der Waals surface area contributed by atoms with Gasteiger partial charge in [-0.15, -0.1) is 0 Å². The zero-order valence-electron chi connectivity index (χ0n) is 10.9. The average molecular weight is 303 g/mol. The summed E-state index contributed by atoms with van der Waals surface area (Å²) in [6.45, 7) is 0. The SMILES string of the molecule is Nc1ncnc(NN=Cc2cccc([N+](=O)[O-])c2)c1[N+](=O)[O-]. The Bertz CT molecular complexity index is 762. The smallest absolute Gasteiger partial charge is 0.354 e. The molecule has 0 spiro atoms. The van der Waals surface area contributed by atoms with Gasteiger partial charge >= 0.3 is 5.69 Å². The Labute approximate surface area is 122 Å². The van der Waals surface area contributed by atoms with Crippen LogP contribution in [0.3, 0.4) is 0 Å². The molecule has 0 amide bonds. The first-order valence-corrected chi connectivity index (χ1v) is 5.77. The van der Waals surface area contributed by atoms with E-state index in [0.717, 1.165) is 6.33 Å². The number of aromatic nitrogens is 2. The number of nitrogens with two attached hydrogens (primary N) is 1. The standard InChI is InChI=1S/C11H9N7O4/c12-10-9(18(21)22)11(14-6-13-10)16-15-5-7-2-1-3-8(4-7)17(19)20/h1-6H,(H3,12,13,14,16). The van der Waals surface area contributed by atoms with E-state index in [4.69, 9.17) is 5.73 Å². The van der Waals surface area contributed by atoms with Gasteiger partial charge in [0, 0.05) is 17.7 Å². The molecule has 2 rings (SSSR count). The summed E-state index contributed by atoms with van der Waals surface area (Å²) in [4.78, 5) is 27.4. The zero-order valence-corrected chi connectivity index (χ0v) is 10.9. The van der Waals surface area contributed by atoms with E-state index < -0.39 is 15.5 Å². The third-order valence-electron chi connectivity index (χ3n) is 2.50. The van der Waals surface area contributed by atoms with Gasteiger partial charge in [-0.25, -0.2) is 9.97 Å². The normalized spacial score (nSPS) is 10.5. The maximum Gasteiger partial charge on any atom is 0.354 e. The molecule has 0 unspecified atom stereocenters. The average Bonchev–Trinajstić information content (AvgIpc) is 2.47. The number of rotatable bonds is 5. The van der Waals surface area contributed by atoms with E-state index in [9.17, 15) is 20.2 Å². The Balaban J connectivity index is 2.20. The maximum atomic E-state index is 10.9. The second kappa shape index (κ2) is 6.21. The van der Waals surface area contributed by atoms with Crippen LogP contribution in [-0.2, 0) is 0 Å². The van der Waals surface area contributed by atoms with Crippen molar-refractivity contribution in [2.75, 3.05) is 11.2 Å². The van der Waals surface area contributed by atoms with Gasteiger partial charge in [-0.1, -0.05) is 12.1 Å². The van der Waals surface area contributed by atoms with E-state index >= 15 is 0 Å². The van der Waals surface area contributed by atoms with E-state index in [1.807, 2.05) is 0 Å². The molecule has 11 nitrogen and oxygen atoms in total. The second-order valence-corrected chi connectivity index (χ2v) is 3.94. The van der Waals surface area contributed by atoms with Crippen LogP contribution in [0.25, 0.3) is 0 Å². The van der Waals surface area contributed by atoms with Gasteiger partial charge in [0.2, 0.25) is 11.6 Å². The van der Waals surface area contributed by atoms with Crippen LogP contribution in [0.15, 0.2) is 35.7 Å². The summed E-state index contributed by atoms with van der Waals surface area (Å²) in [6.07, 6.45) is 2.31. The number of hydrazone groups is 1. The predicted octanol–water partition coefficient (Wildman–Crippen LogP) is 1.32. The molecule has 22 heavy (non-hydrogen) atoms. The van der Waals surface area contributed by atoms with Crippen LogP contribution >= 0.6 is 0 Å². The molecule has 0 aliphatic carbocycles. The minimum absolute atomic E-state index is 0.0961. The number of nitrogen functional groups attached to an aromatic ring is 1. The van der Waals surface area contributed by atoms with Crippen LogP contribution in [-0.4, -0.2) is 26.0 Å². The predicted molar refractivity (Wildman–Crippen MR) is 77.4 cm³/mol. The number of benzene rings is 1. The molecule has 112 valence electrons. The van der Waals surface area contributed by atoms with Crippen LogP contribution in [0.1, 0.15) is 5.56 Å². The molecule has 0 saturated heterocycles. The van der Waals surface area contributed by atoms with E-state index in [1.165, 1.54) is 24.4 Å². The van der Waals surface area contributed by atoms with Gasteiger partial charge in [-0.05, 0) is 0 Å². The molecule has 3 N–H and O–H groups in total. The second-order valence-electron chi connectivity index (χ2n) is 3.94. The summed E-state index contributed by atoms with van der Waals surface area (Å²) in [7, 11) is 0. The molecule has 0 aliphatic rings. The number of nitro benzene ring substituents is 1. The lowest BCUT2D eigenvalue weighted by Crippen LogP contribution is -2.04. The van der Waals surface area contributed by atoms with Crippen molar-refractivity contribution in [1.82, 2.24) is 9.97 Å². The molecule has 2 aromatic rings. The van der Waals surface area contributed by atoms with Gasteiger partial charge < -0.3 is 5.73 Å². The van der Waals surface area contributed by atoms with Crippen molar-refractivity contribution in [3.05, 3.63) is 56.4 Å². The molecule has 0 fully saturated rings. The number of hydrogen-bond acceptors (Lipinski definition) is 9. The Hall–Kier alpha value is -3.63. The quantitative estimate of drug-likeness (QED) is 0.474. The van der Waals surface area contributed by atoms with Crippen molar-refractivity contribution < 1.29 is 9.85 Å². The molecule has 0 saturated carbocycles. The van der Waals surface area contributed by atoms with Gasteiger partial charge in [-0.3, -0.25) is 25.7 Å². The Morgan fingerprint density at radius 3 is 2.68 bits per heavy atom. The number of hydrogen-bond donors (Lipinski definition) is 2. The monoisotopic (exact) mass is 303 g/mol. The van der Waals surface area contributed by atoms with Crippen LogP contribution in [0, 0.1) is 20.2 Å². The molecule has 0 bridgehead atoms. The first kappa shape index (κ1) is 14.8. The van der Waals surface area contributed by atoms with Crippen LogP contribution in [0.4, 0.5) is 23.0 Å². The lowest BCUT2D eigenvalue weighted by Gasteiger charge is -2.01. The van der Waals surface area contributed by atoms with E-state index in [2.05, 4.69) is 20.5 Å².